The maximum Gasteiger partial charge on any atom is 0.341 e. The van der Waals surface area contributed by atoms with Gasteiger partial charge < -0.3 is 15.7 Å². The number of hydrogen-bond donors (Lipinski definition) is 2. The number of fused-ring (bicyclic) bond motifs is 2. The second kappa shape index (κ2) is 6.80. The van der Waals surface area contributed by atoms with Gasteiger partial charge in [-0.15, -0.1) is 0 Å². The van der Waals surface area contributed by atoms with Gasteiger partial charge in [0.1, 0.15) is 17.2 Å². The Hall–Kier alpha value is -3.40. The Balaban J connectivity index is 1.75. The van der Waals surface area contributed by atoms with Crippen LogP contribution in [0.4, 0.5) is 19.0 Å². The van der Waals surface area contributed by atoms with Crippen molar-refractivity contribution in [3.63, 3.8) is 0 Å². The van der Waals surface area contributed by atoms with Crippen molar-refractivity contribution in [3.05, 3.63) is 63.7 Å². The number of anilines is 1. The summed E-state index contributed by atoms with van der Waals surface area (Å²) in [5.74, 6) is -3.92. The van der Waals surface area contributed by atoms with E-state index in [1.54, 1.807) is 4.90 Å². The van der Waals surface area contributed by atoms with E-state index >= 15 is 4.39 Å². The van der Waals surface area contributed by atoms with Gasteiger partial charge in [0.15, 0.2) is 17.3 Å². The maximum atomic E-state index is 15.1. The number of benzene rings is 1. The Bertz CT molecular complexity index is 1360. The number of nitrogens with two attached hydrogens (primary N) is 1. The van der Waals surface area contributed by atoms with Crippen molar-refractivity contribution in [2.24, 2.45) is 17.1 Å². The molecule has 7 nitrogen and oxygen atoms in total. The first-order chi connectivity index (χ1) is 15.1. The predicted octanol–water partition coefficient (Wildman–Crippen LogP) is 2.67. The van der Waals surface area contributed by atoms with E-state index < -0.39 is 34.4 Å². The fourth-order valence-corrected chi connectivity index (χ4v) is 4.87. The van der Waals surface area contributed by atoms with E-state index in [-0.39, 0.29) is 39.9 Å². The molecule has 0 radical (unpaired) electrons. The number of carboxylic acids is 1. The van der Waals surface area contributed by atoms with Crippen molar-refractivity contribution in [1.82, 2.24) is 9.55 Å². The molecule has 32 heavy (non-hydrogen) atoms. The zero-order valence-corrected chi connectivity index (χ0v) is 17.0. The molecular formula is C22H19F3N4O3. The van der Waals surface area contributed by atoms with E-state index in [1.807, 2.05) is 6.92 Å². The zero-order chi connectivity index (χ0) is 22.9. The summed E-state index contributed by atoms with van der Waals surface area (Å²) < 4.78 is 44.1. The van der Waals surface area contributed by atoms with Crippen molar-refractivity contribution in [1.29, 1.82) is 0 Å². The second-order valence-electron chi connectivity index (χ2n) is 8.73. The van der Waals surface area contributed by atoms with Gasteiger partial charge in [-0.05, 0) is 30.5 Å². The first kappa shape index (κ1) is 20.5. The molecule has 3 heterocycles. The molecule has 0 unspecified atom stereocenters. The molecule has 3 atom stereocenters. The molecule has 10 heteroatoms. The van der Waals surface area contributed by atoms with E-state index in [0.717, 1.165) is 35.4 Å². The molecule has 1 saturated heterocycles. The van der Waals surface area contributed by atoms with Crippen molar-refractivity contribution in [2.75, 3.05) is 18.0 Å². The molecule has 1 aliphatic carbocycles. The Morgan fingerprint density at radius 2 is 2.00 bits per heavy atom. The maximum absolute atomic E-state index is 15.1. The smallest absolute Gasteiger partial charge is 0.341 e. The zero-order valence-electron chi connectivity index (χ0n) is 17.0. The van der Waals surface area contributed by atoms with Gasteiger partial charge in [0, 0.05) is 36.8 Å². The van der Waals surface area contributed by atoms with Crippen LogP contribution < -0.4 is 16.1 Å². The normalized spacial score (nSPS) is 24.5. The summed E-state index contributed by atoms with van der Waals surface area (Å²) in [6.07, 6.45) is 1.73. The molecule has 2 aliphatic rings. The van der Waals surface area contributed by atoms with Crippen LogP contribution in [0.2, 0.25) is 0 Å². The van der Waals surface area contributed by atoms with Crippen molar-refractivity contribution in [2.45, 2.75) is 19.4 Å². The topological polar surface area (TPSA) is 101 Å². The van der Waals surface area contributed by atoms with Crippen LogP contribution in [0.1, 0.15) is 23.7 Å². The molecular weight excluding hydrogens is 425 g/mol. The van der Waals surface area contributed by atoms with Crippen LogP contribution in [-0.2, 0) is 0 Å². The lowest BCUT2D eigenvalue weighted by molar-refractivity contribution is 0.0695. The van der Waals surface area contributed by atoms with Crippen LogP contribution in [0, 0.1) is 28.8 Å². The van der Waals surface area contributed by atoms with Crippen molar-refractivity contribution >= 4 is 22.8 Å². The van der Waals surface area contributed by atoms with Gasteiger partial charge in [-0.2, -0.15) is 0 Å². The lowest BCUT2D eigenvalue weighted by atomic mass is 9.60. The van der Waals surface area contributed by atoms with E-state index in [2.05, 4.69) is 4.98 Å². The molecule has 5 rings (SSSR count). The summed E-state index contributed by atoms with van der Waals surface area (Å²) in [6.45, 7) is 3.03. The SMILES string of the molecule is C[C@@]12CN(c3nc4c(cc3F)c(=O)c(C(=O)O)cn4-c3ccc(F)cc3F)C[C@@H]1C[C@@H]2N. The molecule has 0 spiro atoms. The molecule has 2 aromatic heterocycles. The number of rotatable bonds is 3. The lowest BCUT2D eigenvalue weighted by Crippen LogP contribution is -2.55. The van der Waals surface area contributed by atoms with Crippen LogP contribution >= 0.6 is 0 Å². The number of pyridine rings is 2. The average Bonchev–Trinajstić information content (AvgIpc) is 3.00. The third kappa shape index (κ3) is 2.82. The molecule has 0 bridgehead atoms. The van der Waals surface area contributed by atoms with E-state index in [0.29, 0.717) is 19.2 Å². The van der Waals surface area contributed by atoms with Gasteiger partial charge in [-0.1, -0.05) is 6.92 Å². The minimum absolute atomic E-state index is 0.00867. The highest BCUT2D eigenvalue weighted by molar-refractivity contribution is 5.92. The predicted molar refractivity (Wildman–Crippen MR) is 111 cm³/mol. The Morgan fingerprint density at radius 1 is 1.25 bits per heavy atom. The molecule has 3 aromatic rings. The lowest BCUT2D eigenvalue weighted by Gasteiger charge is -2.47. The number of aromatic carboxylic acids is 1. The highest BCUT2D eigenvalue weighted by Crippen LogP contribution is 2.51. The quantitative estimate of drug-likeness (QED) is 0.644. The minimum Gasteiger partial charge on any atom is -0.477 e. The molecule has 1 aromatic carbocycles. The third-order valence-corrected chi connectivity index (χ3v) is 6.90. The third-order valence-electron chi connectivity index (χ3n) is 6.90. The number of nitrogens with zero attached hydrogens (tertiary/aromatic N) is 3. The average molecular weight is 444 g/mol. The minimum atomic E-state index is -1.56. The monoisotopic (exact) mass is 444 g/mol. The van der Waals surface area contributed by atoms with E-state index in [9.17, 15) is 23.5 Å². The number of halogens is 3. The van der Waals surface area contributed by atoms with Crippen LogP contribution in [0.25, 0.3) is 16.7 Å². The summed E-state index contributed by atoms with van der Waals surface area (Å²) in [5.41, 5.74) is 3.98. The summed E-state index contributed by atoms with van der Waals surface area (Å²) in [5, 5.41) is 9.10. The van der Waals surface area contributed by atoms with E-state index in [4.69, 9.17) is 5.73 Å². The number of hydrogen-bond acceptors (Lipinski definition) is 5. The molecule has 2 fully saturated rings. The largest absolute Gasteiger partial charge is 0.477 e. The highest BCUT2D eigenvalue weighted by atomic mass is 19.1. The summed E-state index contributed by atoms with van der Waals surface area (Å²) in [4.78, 5) is 30.4. The van der Waals surface area contributed by atoms with Crippen LogP contribution in [-0.4, -0.2) is 39.8 Å². The van der Waals surface area contributed by atoms with Crippen LogP contribution in [0.3, 0.4) is 0 Å². The Kier molecular flexibility index (Phi) is 4.35. The summed E-state index contributed by atoms with van der Waals surface area (Å²) in [7, 11) is 0. The van der Waals surface area contributed by atoms with Gasteiger partial charge >= 0.3 is 5.97 Å². The number of carboxylic acid groups (broad SMARTS) is 1. The number of carbonyl (C=O) groups is 1. The summed E-state index contributed by atoms with van der Waals surface area (Å²) in [6, 6.07) is 3.64. The van der Waals surface area contributed by atoms with Gasteiger partial charge in [0.2, 0.25) is 5.43 Å². The van der Waals surface area contributed by atoms with Gasteiger partial charge in [0.05, 0.1) is 11.1 Å². The first-order valence-corrected chi connectivity index (χ1v) is 10.1. The Morgan fingerprint density at radius 3 is 2.62 bits per heavy atom. The fraction of sp³-hybridized carbons (Fsp3) is 0.318. The molecule has 3 N–H and O–H groups in total. The fourth-order valence-electron chi connectivity index (χ4n) is 4.87. The molecule has 1 aliphatic heterocycles. The summed E-state index contributed by atoms with van der Waals surface area (Å²) >= 11 is 0. The van der Waals surface area contributed by atoms with Crippen LogP contribution in [0.5, 0.6) is 0 Å². The Labute approximate surface area is 179 Å². The first-order valence-electron chi connectivity index (χ1n) is 10.1. The van der Waals surface area contributed by atoms with Crippen LogP contribution in [0.15, 0.2) is 35.3 Å². The van der Waals surface area contributed by atoms with Gasteiger partial charge in [-0.25, -0.2) is 22.9 Å². The second-order valence-corrected chi connectivity index (χ2v) is 8.73. The van der Waals surface area contributed by atoms with Crippen molar-refractivity contribution in [3.8, 4) is 5.69 Å². The van der Waals surface area contributed by atoms with E-state index in [1.165, 1.54) is 0 Å². The van der Waals surface area contributed by atoms with Crippen molar-refractivity contribution < 1.29 is 23.1 Å². The molecule has 1 saturated carbocycles. The molecule has 0 amide bonds. The highest BCUT2D eigenvalue weighted by Gasteiger charge is 2.55. The molecule has 166 valence electrons. The van der Waals surface area contributed by atoms with Gasteiger partial charge in [0.25, 0.3) is 0 Å². The number of aromatic nitrogens is 2. The standard InChI is InChI=1S/C22H19F3N4O3/c1-22-9-28(7-10(22)4-17(22)26)20-15(25)6-12-18(30)13(21(31)32)8-29(19(12)27-20)16-3-2-11(23)5-14(16)24/h2-3,5-6,8,10,17H,4,7,9,26H2,1H3,(H,31,32)/t10-,17-,22+/m0/s1. The van der Waals surface area contributed by atoms with Gasteiger partial charge in [-0.3, -0.25) is 9.36 Å².